The molecule has 2 N–H and O–H groups in total. The molecule has 1 saturated heterocycles. The molecule has 0 aliphatic carbocycles. The van der Waals surface area contributed by atoms with E-state index in [0.717, 1.165) is 5.56 Å². The summed E-state index contributed by atoms with van der Waals surface area (Å²) in [6.07, 6.45) is 0.174. The molecule has 1 aliphatic rings. The standard InChI is InChI=1S/C18H24N2O4/c1-11(2)20-10-14(9-15(20)21)17(22)19-16(12(3)18(23)24)13-7-5-4-6-8-13/h4-8,11-12,14,16H,9-10H2,1-3H3,(H,19,22)(H,23,24)/t12-,14-,16+/m0/s1. The first-order valence-electron chi connectivity index (χ1n) is 8.18. The van der Waals surface area contributed by atoms with Crippen LogP contribution in [0, 0.1) is 11.8 Å². The predicted molar refractivity (Wildman–Crippen MR) is 89.1 cm³/mol. The first-order chi connectivity index (χ1) is 11.3. The van der Waals surface area contributed by atoms with Crippen molar-refractivity contribution in [1.29, 1.82) is 0 Å². The summed E-state index contributed by atoms with van der Waals surface area (Å²) in [5.74, 6) is -2.49. The van der Waals surface area contributed by atoms with Crippen LogP contribution in [0.3, 0.4) is 0 Å². The third kappa shape index (κ3) is 3.93. The lowest BCUT2D eigenvalue weighted by atomic mass is 9.93. The summed E-state index contributed by atoms with van der Waals surface area (Å²) in [4.78, 5) is 37.6. The van der Waals surface area contributed by atoms with Crippen LogP contribution >= 0.6 is 0 Å². The monoisotopic (exact) mass is 332 g/mol. The summed E-state index contributed by atoms with van der Waals surface area (Å²) < 4.78 is 0. The molecular formula is C18H24N2O4. The van der Waals surface area contributed by atoms with Gasteiger partial charge in [-0.15, -0.1) is 0 Å². The van der Waals surface area contributed by atoms with Crippen LogP contribution in [-0.4, -0.2) is 40.4 Å². The normalized spacial score (nSPS) is 20.1. The molecule has 24 heavy (non-hydrogen) atoms. The third-order valence-corrected chi connectivity index (χ3v) is 4.50. The zero-order valence-electron chi connectivity index (χ0n) is 14.2. The Balaban J connectivity index is 2.14. The minimum Gasteiger partial charge on any atom is -0.481 e. The van der Waals surface area contributed by atoms with Crippen LogP contribution in [0.15, 0.2) is 30.3 Å². The van der Waals surface area contributed by atoms with Crippen molar-refractivity contribution < 1.29 is 19.5 Å². The molecule has 1 aromatic rings. The van der Waals surface area contributed by atoms with Gasteiger partial charge in [0, 0.05) is 19.0 Å². The first-order valence-corrected chi connectivity index (χ1v) is 8.18. The van der Waals surface area contributed by atoms with E-state index in [2.05, 4.69) is 5.32 Å². The van der Waals surface area contributed by atoms with Crippen LogP contribution in [0.2, 0.25) is 0 Å². The fourth-order valence-electron chi connectivity index (χ4n) is 2.98. The summed E-state index contributed by atoms with van der Waals surface area (Å²) in [5, 5.41) is 12.2. The maximum Gasteiger partial charge on any atom is 0.308 e. The minimum absolute atomic E-state index is 0.0345. The zero-order chi connectivity index (χ0) is 17.9. The highest BCUT2D eigenvalue weighted by Crippen LogP contribution is 2.25. The van der Waals surface area contributed by atoms with E-state index in [1.165, 1.54) is 0 Å². The average molecular weight is 332 g/mol. The fraction of sp³-hybridized carbons (Fsp3) is 0.500. The molecule has 0 spiro atoms. The number of carboxylic acid groups (broad SMARTS) is 1. The van der Waals surface area contributed by atoms with Crippen molar-refractivity contribution in [3.05, 3.63) is 35.9 Å². The molecule has 2 rings (SSSR count). The van der Waals surface area contributed by atoms with Crippen molar-refractivity contribution in [2.45, 2.75) is 39.3 Å². The van der Waals surface area contributed by atoms with Crippen molar-refractivity contribution in [3.8, 4) is 0 Å². The molecule has 2 amide bonds. The van der Waals surface area contributed by atoms with Crippen molar-refractivity contribution in [3.63, 3.8) is 0 Å². The minimum atomic E-state index is -0.976. The lowest BCUT2D eigenvalue weighted by Crippen LogP contribution is -2.40. The van der Waals surface area contributed by atoms with Crippen LogP contribution in [-0.2, 0) is 14.4 Å². The molecular weight excluding hydrogens is 308 g/mol. The molecule has 0 aromatic heterocycles. The summed E-state index contributed by atoms with van der Waals surface area (Å²) >= 11 is 0. The Bertz CT molecular complexity index is 615. The fourth-order valence-corrected chi connectivity index (χ4v) is 2.98. The third-order valence-electron chi connectivity index (χ3n) is 4.50. The van der Waals surface area contributed by atoms with E-state index < -0.39 is 23.8 Å². The van der Waals surface area contributed by atoms with Crippen LogP contribution < -0.4 is 5.32 Å². The molecule has 0 radical (unpaired) electrons. The maximum absolute atomic E-state index is 12.6. The van der Waals surface area contributed by atoms with Gasteiger partial charge >= 0.3 is 5.97 Å². The van der Waals surface area contributed by atoms with E-state index >= 15 is 0 Å². The summed E-state index contributed by atoms with van der Waals surface area (Å²) in [7, 11) is 0. The molecule has 1 aliphatic heterocycles. The SMILES string of the molecule is CC(C)N1C[C@@H](C(=O)N[C@@H](c2ccccc2)[C@H](C)C(=O)O)CC1=O. The van der Waals surface area contributed by atoms with Crippen molar-refractivity contribution >= 4 is 17.8 Å². The Morgan fingerprint density at radius 1 is 1.21 bits per heavy atom. The molecule has 0 saturated carbocycles. The molecule has 1 fully saturated rings. The second kappa shape index (κ2) is 7.47. The van der Waals surface area contributed by atoms with Gasteiger partial charge in [0.1, 0.15) is 0 Å². The molecule has 3 atom stereocenters. The lowest BCUT2D eigenvalue weighted by Gasteiger charge is -2.25. The van der Waals surface area contributed by atoms with Gasteiger partial charge in [-0.1, -0.05) is 30.3 Å². The highest BCUT2D eigenvalue weighted by Gasteiger charge is 2.37. The molecule has 0 bridgehead atoms. The number of hydrogen-bond acceptors (Lipinski definition) is 3. The molecule has 6 nitrogen and oxygen atoms in total. The summed E-state index contributed by atoms with van der Waals surface area (Å²) in [6, 6.07) is 8.47. The Labute approximate surface area is 141 Å². The van der Waals surface area contributed by atoms with Gasteiger partial charge in [0.05, 0.1) is 17.9 Å². The van der Waals surface area contributed by atoms with E-state index in [9.17, 15) is 19.5 Å². The van der Waals surface area contributed by atoms with Gasteiger partial charge in [0.15, 0.2) is 0 Å². The number of carboxylic acids is 1. The van der Waals surface area contributed by atoms with Crippen LogP contribution in [0.1, 0.15) is 38.8 Å². The Morgan fingerprint density at radius 2 is 1.83 bits per heavy atom. The number of carbonyl (C=O) groups excluding carboxylic acids is 2. The van der Waals surface area contributed by atoms with Crippen molar-refractivity contribution in [1.82, 2.24) is 10.2 Å². The maximum atomic E-state index is 12.6. The van der Waals surface area contributed by atoms with Gasteiger partial charge in [0.25, 0.3) is 0 Å². The zero-order valence-corrected chi connectivity index (χ0v) is 14.2. The van der Waals surface area contributed by atoms with Gasteiger partial charge in [-0.2, -0.15) is 0 Å². The van der Waals surface area contributed by atoms with Crippen LogP contribution in [0.4, 0.5) is 0 Å². The quantitative estimate of drug-likeness (QED) is 0.832. The highest BCUT2D eigenvalue weighted by atomic mass is 16.4. The number of carbonyl (C=O) groups is 3. The van der Waals surface area contributed by atoms with Crippen molar-refractivity contribution in [2.24, 2.45) is 11.8 Å². The molecule has 1 aromatic carbocycles. The molecule has 6 heteroatoms. The van der Waals surface area contributed by atoms with Crippen LogP contribution in [0.25, 0.3) is 0 Å². The smallest absolute Gasteiger partial charge is 0.308 e. The Kier molecular flexibility index (Phi) is 5.59. The average Bonchev–Trinajstić information content (AvgIpc) is 2.94. The van der Waals surface area contributed by atoms with E-state index in [1.807, 2.05) is 32.0 Å². The predicted octanol–water partition coefficient (Wildman–Crippen LogP) is 1.82. The number of nitrogens with zero attached hydrogens (tertiary/aromatic N) is 1. The van der Waals surface area contributed by atoms with E-state index in [4.69, 9.17) is 0 Å². The van der Waals surface area contributed by atoms with Gasteiger partial charge in [-0.05, 0) is 26.3 Å². The van der Waals surface area contributed by atoms with Crippen molar-refractivity contribution in [2.75, 3.05) is 6.54 Å². The van der Waals surface area contributed by atoms with Gasteiger partial charge in [-0.25, -0.2) is 0 Å². The number of likely N-dealkylation sites (tertiary alicyclic amines) is 1. The second-order valence-corrected chi connectivity index (χ2v) is 6.56. The number of rotatable bonds is 6. The number of nitrogens with one attached hydrogen (secondary N) is 1. The topological polar surface area (TPSA) is 86.7 Å². The second-order valence-electron chi connectivity index (χ2n) is 6.56. The van der Waals surface area contributed by atoms with Gasteiger partial charge in [-0.3, -0.25) is 14.4 Å². The number of hydrogen-bond donors (Lipinski definition) is 2. The Morgan fingerprint density at radius 3 is 2.33 bits per heavy atom. The number of benzene rings is 1. The summed E-state index contributed by atoms with van der Waals surface area (Å²) in [5.41, 5.74) is 0.741. The van der Waals surface area contributed by atoms with Gasteiger partial charge in [0.2, 0.25) is 11.8 Å². The Hall–Kier alpha value is -2.37. The number of aliphatic carboxylic acids is 1. The van der Waals surface area contributed by atoms with E-state index in [-0.39, 0.29) is 24.3 Å². The molecule has 0 unspecified atom stereocenters. The van der Waals surface area contributed by atoms with Gasteiger partial charge < -0.3 is 15.3 Å². The summed E-state index contributed by atoms with van der Waals surface area (Å²) in [6.45, 7) is 5.78. The lowest BCUT2D eigenvalue weighted by molar-refractivity contribution is -0.142. The molecule has 130 valence electrons. The first kappa shape index (κ1) is 18.0. The molecule has 1 heterocycles. The van der Waals surface area contributed by atoms with E-state index in [1.54, 1.807) is 24.0 Å². The largest absolute Gasteiger partial charge is 0.481 e. The van der Waals surface area contributed by atoms with Crippen LogP contribution in [0.5, 0.6) is 0 Å². The highest BCUT2D eigenvalue weighted by molar-refractivity contribution is 5.89. The number of amides is 2. The van der Waals surface area contributed by atoms with E-state index in [0.29, 0.717) is 6.54 Å².